The van der Waals surface area contributed by atoms with Crippen LogP contribution in [-0.4, -0.2) is 24.5 Å². The van der Waals surface area contributed by atoms with Gasteiger partial charge < -0.3 is 20.1 Å². The molecule has 0 bridgehead atoms. The van der Waals surface area contributed by atoms with Crippen molar-refractivity contribution in [2.45, 2.75) is 12.3 Å². The molecule has 1 unspecified atom stereocenters. The number of hydrogen-bond acceptors (Lipinski definition) is 4. The molecular formula is C23H17F3N2O4. The lowest BCUT2D eigenvalue weighted by Gasteiger charge is -2.25. The van der Waals surface area contributed by atoms with Crippen molar-refractivity contribution in [3.8, 4) is 11.5 Å². The summed E-state index contributed by atoms with van der Waals surface area (Å²) >= 11 is 0. The first-order valence-corrected chi connectivity index (χ1v) is 9.57. The summed E-state index contributed by atoms with van der Waals surface area (Å²) in [6.07, 6.45) is -5.40. The molecule has 3 aromatic rings. The topological polar surface area (TPSA) is 76.7 Å². The highest BCUT2D eigenvalue weighted by molar-refractivity contribution is 6.05. The highest BCUT2D eigenvalue weighted by atomic mass is 19.4. The zero-order valence-electron chi connectivity index (χ0n) is 16.5. The van der Waals surface area contributed by atoms with Crippen LogP contribution in [0.5, 0.6) is 11.5 Å². The molecule has 0 saturated heterocycles. The first-order chi connectivity index (χ1) is 15.3. The quantitative estimate of drug-likeness (QED) is 0.612. The van der Waals surface area contributed by atoms with E-state index in [1.165, 1.54) is 24.3 Å². The summed E-state index contributed by atoms with van der Waals surface area (Å²) in [6.45, 7) is 0.0264. The molecular weight excluding hydrogens is 425 g/mol. The second kappa shape index (κ2) is 8.62. The number of anilines is 2. The number of carbonyl (C=O) groups excluding carboxylic acids is 2. The predicted molar refractivity (Wildman–Crippen MR) is 111 cm³/mol. The van der Waals surface area contributed by atoms with Crippen molar-refractivity contribution in [3.63, 3.8) is 0 Å². The second-order valence-corrected chi connectivity index (χ2v) is 6.97. The van der Waals surface area contributed by atoms with Crippen molar-refractivity contribution >= 4 is 23.2 Å². The standard InChI is InChI=1S/C23H17F3N2O4/c24-23(25,26)15-6-4-8-17(12-15)27-21(29)14-5-3-7-16(11-14)28-22(30)20-13-31-18-9-1-2-10-19(18)32-20/h1-12,20H,13H2,(H,27,29)(H,28,30). The molecule has 0 aliphatic carbocycles. The molecule has 164 valence electrons. The molecule has 9 heteroatoms. The second-order valence-electron chi connectivity index (χ2n) is 6.97. The van der Waals surface area contributed by atoms with E-state index in [9.17, 15) is 22.8 Å². The Morgan fingerprint density at radius 1 is 0.844 bits per heavy atom. The van der Waals surface area contributed by atoms with Crippen LogP contribution in [-0.2, 0) is 11.0 Å². The van der Waals surface area contributed by atoms with E-state index in [-0.39, 0.29) is 17.9 Å². The van der Waals surface area contributed by atoms with Gasteiger partial charge in [0.15, 0.2) is 11.5 Å². The number of para-hydroxylation sites is 2. The fraction of sp³-hybridized carbons (Fsp3) is 0.130. The van der Waals surface area contributed by atoms with Crippen LogP contribution in [0.1, 0.15) is 15.9 Å². The number of nitrogens with one attached hydrogen (secondary N) is 2. The Morgan fingerprint density at radius 2 is 1.53 bits per heavy atom. The smallest absolute Gasteiger partial charge is 0.416 e. The predicted octanol–water partition coefficient (Wildman–Crippen LogP) is 4.74. The highest BCUT2D eigenvalue weighted by Gasteiger charge is 2.30. The number of fused-ring (bicyclic) bond motifs is 1. The highest BCUT2D eigenvalue weighted by Crippen LogP contribution is 2.32. The largest absolute Gasteiger partial charge is 0.485 e. The molecule has 3 aromatic carbocycles. The fourth-order valence-electron chi connectivity index (χ4n) is 3.09. The number of halogens is 3. The van der Waals surface area contributed by atoms with E-state index in [1.807, 2.05) is 0 Å². The van der Waals surface area contributed by atoms with Gasteiger partial charge in [-0.15, -0.1) is 0 Å². The van der Waals surface area contributed by atoms with Crippen molar-refractivity contribution in [1.82, 2.24) is 0 Å². The molecule has 1 atom stereocenters. The normalized spacial score (nSPS) is 15.0. The zero-order chi connectivity index (χ0) is 22.7. The third kappa shape index (κ3) is 4.83. The molecule has 0 aromatic heterocycles. The van der Waals surface area contributed by atoms with Crippen molar-refractivity contribution in [1.29, 1.82) is 0 Å². The fourth-order valence-corrected chi connectivity index (χ4v) is 3.09. The molecule has 0 spiro atoms. The Hall–Kier alpha value is -4.01. The number of hydrogen-bond donors (Lipinski definition) is 2. The van der Waals surface area contributed by atoms with E-state index < -0.39 is 29.7 Å². The minimum Gasteiger partial charge on any atom is -0.485 e. The van der Waals surface area contributed by atoms with Gasteiger partial charge in [0, 0.05) is 16.9 Å². The molecule has 2 N–H and O–H groups in total. The molecule has 0 saturated carbocycles. The Morgan fingerprint density at radius 3 is 2.28 bits per heavy atom. The van der Waals surface area contributed by atoms with Gasteiger partial charge in [-0.3, -0.25) is 9.59 Å². The maximum atomic E-state index is 12.9. The van der Waals surface area contributed by atoms with E-state index in [1.54, 1.807) is 36.4 Å². The van der Waals surface area contributed by atoms with Gasteiger partial charge in [-0.1, -0.05) is 24.3 Å². The van der Waals surface area contributed by atoms with Gasteiger partial charge in [0.25, 0.3) is 11.8 Å². The summed E-state index contributed by atoms with van der Waals surface area (Å²) in [7, 11) is 0. The third-order valence-electron chi connectivity index (χ3n) is 4.64. The van der Waals surface area contributed by atoms with Crippen LogP contribution in [0.2, 0.25) is 0 Å². The Balaban J connectivity index is 1.42. The lowest BCUT2D eigenvalue weighted by atomic mass is 10.1. The van der Waals surface area contributed by atoms with Gasteiger partial charge in [0.1, 0.15) is 6.61 Å². The monoisotopic (exact) mass is 442 g/mol. The number of carbonyl (C=O) groups is 2. The van der Waals surface area contributed by atoms with Gasteiger partial charge in [-0.05, 0) is 48.5 Å². The average molecular weight is 442 g/mol. The number of benzene rings is 3. The number of alkyl halides is 3. The molecule has 32 heavy (non-hydrogen) atoms. The van der Waals surface area contributed by atoms with Crippen molar-refractivity contribution in [2.75, 3.05) is 17.2 Å². The Labute approximate surface area is 181 Å². The minimum atomic E-state index is -4.52. The number of ether oxygens (including phenoxy) is 2. The van der Waals surface area contributed by atoms with Crippen molar-refractivity contribution in [3.05, 3.63) is 83.9 Å². The number of rotatable bonds is 4. The van der Waals surface area contributed by atoms with Crippen LogP contribution >= 0.6 is 0 Å². The van der Waals surface area contributed by atoms with E-state index in [0.717, 1.165) is 12.1 Å². The molecule has 1 aliphatic rings. The summed E-state index contributed by atoms with van der Waals surface area (Å²) in [5.74, 6) is -0.0838. The van der Waals surface area contributed by atoms with Crippen molar-refractivity contribution in [2.24, 2.45) is 0 Å². The van der Waals surface area contributed by atoms with Crippen LogP contribution in [0.15, 0.2) is 72.8 Å². The zero-order valence-corrected chi connectivity index (χ0v) is 16.5. The lowest BCUT2D eigenvalue weighted by molar-refractivity contribution is -0.137. The summed E-state index contributed by atoms with van der Waals surface area (Å²) < 4.78 is 49.8. The Kier molecular flexibility index (Phi) is 5.72. The van der Waals surface area contributed by atoms with Gasteiger partial charge in [-0.25, -0.2) is 0 Å². The Bertz CT molecular complexity index is 1160. The summed E-state index contributed by atoms with van der Waals surface area (Å²) in [6, 6.07) is 17.3. The maximum Gasteiger partial charge on any atom is 0.416 e. The molecule has 0 radical (unpaired) electrons. The molecule has 1 aliphatic heterocycles. The number of amides is 2. The minimum absolute atomic E-state index is 0.00526. The van der Waals surface area contributed by atoms with E-state index >= 15 is 0 Å². The molecule has 2 amide bonds. The van der Waals surface area contributed by atoms with Gasteiger partial charge >= 0.3 is 6.18 Å². The van der Waals surface area contributed by atoms with Crippen molar-refractivity contribution < 1.29 is 32.2 Å². The summed E-state index contributed by atoms with van der Waals surface area (Å²) in [4.78, 5) is 25.1. The molecule has 4 rings (SSSR count). The van der Waals surface area contributed by atoms with Gasteiger partial charge in [0.2, 0.25) is 6.10 Å². The van der Waals surface area contributed by atoms with E-state index in [2.05, 4.69) is 10.6 Å². The van der Waals surface area contributed by atoms with E-state index in [0.29, 0.717) is 17.2 Å². The molecule has 1 heterocycles. The first kappa shape index (κ1) is 21.2. The summed E-state index contributed by atoms with van der Waals surface area (Å²) in [5, 5.41) is 5.09. The molecule has 6 nitrogen and oxygen atoms in total. The van der Waals surface area contributed by atoms with Crippen LogP contribution < -0.4 is 20.1 Å². The van der Waals surface area contributed by atoms with Crippen LogP contribution in [0.25, 0.3) is 0 Å². The van der Waals surface area contributed by atoms with Crippen LogP contribution in [0, 0.1) is 0 Å². The van der Waals surface area contributed by atoms with E-state index in [4.69, 9.17) is 9.47 Å². The molecule has 0 fully saturated rings. The average Bonchev–Trinajstić information content (AvgIpc) is 2.78. The van der Waals surface area contributed by atoms with Gasteiger partial charge in [0.05, 0.1) is 5.56 Å². The van der Waals surface area contributed by atoms with Crippen LogP contribution in [0.3, 0.4) is 0 Å². The summed E-state index contributed by atoms with van der Waals surface area (Å²) in [5.41, 5.74) is -0.376. The first-order valence-electron chi connectivity index (χ1n) is 9.57. The SMILES string of the molecule is O=C(Nc1cccc(C(F)(F)F)c1)c1cccc(NC(=O)C2COc3ccccc3O2)c1. The maximum absolute atomic E-state index is 12.9. The van der Waals surface area contributed by atoms with Crippen LogP contribution in [0.4, 0.5) is 24.5 Å². The van der Waals surface area contributed by atoms with Gasteiger partial charge in [-0.2, -0.15) is 13.2 Å². The third-order valence-corrected chi connectivity index (χ3v) is 4.64. The lowest BCUT2D eigenvalue weighted by Crippen LogP contribution is -2.40.